The lowest BCUT2D eigenvalue weighted by atomic mass is 10.1. The number of halogens is 1. The third-order valence-electron chi connectivity index (χ3n) is 6.44. The number of hydrogen-bond acceptors (Lipinski definition) is 5. The van der Waals surface area contributed by atoms with Crippen LogP contribution in [0.2, 0.25) is 0 Å². The summed E-state index contributed by atoms with van der Waals surface area (Å²) in [6.45, 7) is 3.63. The molecule has 0 amide bonds. The van der Waals surface area contributed by atoms with Gasteiger partial charge < -0.3 is 14.3 Å². The molecule has 0 radical (unpaired) electrons. The fraction of sp³-hybridized carbons (Fsp3) is 0.345. The second-order valence-electron chi connectivity index (χ2n) is 8.90. The van der Waals surface area contributed by atoms with E-state index < -0.39 is 0 Å². The van der Waals surface area contributed by atoms with Gasteiger partial charge in [0, 0.05) is 26.2 Å². The average Bonchev–Trinajstić information content (AvgIpc) is 3.42. The second-order valence-corrected chi connectivity index (χ2v) is 8.90. The number of benzene rings is 3. The minimum atomic E-state index is -0.281. The van der Waals surface area contributed by atoms with Gasteiger partial charge in [-0.25, -0.2) is 4.39 Å². The molecular weight excluding hydrogens is 443 g/mol. The number of ether oxygens (including phenoxy) is 2. The van der Waals surface area contributed by atoms with E-state index in [4.69, 9.17) is 9.47 Å². The van der Waals surface area contributed by atoms with Gasteiger partial charge in [0.25, 0.3) is 0 Å². The molecule has 184 valence electrons. The second kappa shape index (κ2) is 12.5. The minimum absolute atomic E-state index is 0.228. The Morgan fingerprint density at radius 3 is 2.43 bits per heavy atom. The molecule has 0 aromatic heterocycles. The first-order valence-corrected chi connectivity index (χ1v) is 12.2. The maximum absolute atomic E-state index is 13.5. The Morgan fingerprint density at radius 1 is 0.943 bits per heavy atom. The molecule has 0 saturated carbocycles. The van der Waals surface area contributed by atoms with Crippen molar-refractivity contribution in [3.05, 3.63) is 95.3 Å². The van der Waals surface area contributed by atoms with Crippen LogP contribution in [0.1, 0.15) is 29.5 Å². The van der Waals surface area contributed by atoms with Gasteiger partial charge >= 0.3 is 0 Å². The zero-order valence-electron chi connectivity index (χ0n) is 20.2. The molecule has 0 N–H and O–H groups in total. The maximum atomic E-state index is 13.5. The largest absolute Gasteiger partial charge is 0.493 e. The first-order chi connectivity index (χ1) is 17.2. The van der Waals surface area contributed by atoms with Crippen LogP contribution in [-0.4, -0.2) is 49.0 Å². The number of methoxy groups -OCH3 is 1. The van der Waals surface area contributed by atoms with E-state index in [9.17, 15) is 9.18 Å². The molecule has 1 aliphatic rings. The number of hydrogen-bond donors (Lipinski definition) is 0. The van der Waals surface area contributed by atoms with E-state index in [0.29, 0.717) is 18.0 Å². The molecule has 6 heteroatoms. The van der Waals surface area contributed by atoms with Crippen LogP contribution in [0.25, 0.3) is 0 Å². The Balaban J connectivity index is 1.44. The van der Waals surface area contributed by atoms with E-state index in [-0.39, 0.29) is 18.6 Å². The van der Waals surface area contributed by atoms with E-state index in [1.54, 1.807) is 13.2 Å². The molecule has 1 atom stereocenters. The van der Waals surface area contributed by atoms with Gasteiger partial charge in [0.2, 0.25) is 0 Å². The van der Waals surface area contributed by atoms with Gasteiger partial charge in [-0.1, -0.05) is 48.5 Å². The first kappa shape index (κ1) is 24.9. The molecule has 0 spiro atoms. The summed E-state index contributed by atoms with van der Waals surface area (Å²) in [5, 5.41) is 0. The van der Waals surface area contributed by atoms with Crippen LogP contribution in [0, 0.1) is 5.82 Å². The van der Waals surface area contributed by atoms with E-state index in [0.717, 1.165) is 56.3 Å². The SMILES string of the molecule is COc1cc(CCN(Cc2ccccc2)C(C=O)N2CCCC2)ccc1OCc1cccc(F)c1. The van der Waals surface area contributed by atoms with E-state index in [1.165, 1.54) is 17.7 Å². The lowest BCUT2D eigenvalue weighted by Crippen LogP contribution is -2.48. The number of aldehydes is 1. The summed E-state index contributed by atoms with van der Waals surface area (Å²) in [6.07, 6.45) is 3.90. The third-order valence-corrected chi connectivity index (χ3v) is 6.44. The topological polar surface area (TPSA) is 42.0 Å². The fourth-order valence-corrected chi connectivity index (χ4v) is 4.58. The zero-order valence-corrected chi connectivity index (χ0v) is 20.2. The van der Waals surface area contributed by atoms with Crippen LogP contribution >= 0.6 is 0 Å². The highest BCUT2D eigenvalue weighted by Gasteiger charge is 2.27. The van der Waals surface area contributed by atoms with Crippen molar-refractivity contribution < 1.29 is 18.7 Å². The predicted octanol–water partition coefficient (Wildman–Crippen LogP) is 5.08. The fourth-order valence-electron chi connectivity index (χ4n) is 4.58. The van der Waals surface area contributed by atoms with Crippen molar-refractivity contribution in [2.45, 2.75) is 38.6 Å². The standard InChI is InChI=1S/C29H33FN2O3/c1-34-28-19-23(12-13-27(28)35-22-25-10-7-11-26(30)18-25)14-17-32(20-24-8-3-2-4-9-24)29(21-33)31-15-5-6-16-31/h2-4,7-13,18-19,21,29H,5-6,14-17,20,22H2,1H3. The number of carbonyl (C=O) groups excluding carboxylic acids is 1. The van der Waals surface area contributed by atoms with Crippen LogP contribution in [0.15, 0.2) is 72.8 Å². The van der Waals surface area contributed by atoms with Crippen LogP contribution < -0.4 is 9.47 Å². The van der Waals surface area contributed by atoms with Gasteiger partial charge in [0.15, 0.2) is 17.8 Å². The highest BCUT2D eigenvalue weighted by atomic mass is 19.1. The number of carbonyl (C=O) groups is 1. The highest BCUT2D eigenvalue weighted by molar-refractivity contribution is 5.57. The van der Waals surface area contributed by atoms with Crippen LogP contribution in [0.4, 0.5) is 4.39 Å². The van der Waals surface area contributed by atoms with Gasteiger partial charge in [0.1, 0.15) is 18.6 Å². The molecule has 1 saturated heterocycles. The van der Waals surface area contributed by atoms with Gasteiger partial charge in [-0.15, -0.1) is 0 Å². The summed E-state index contributed by atoms with van der Waals surface area (Å²) in [6, 6.07) is 22.6. The zero-order chi connectivity index (χ0) is 24.5. The minimum Gasteiger partial charge on any atom is -0.493 e. The van der Waals surface area contributed by atoms with Crippen molar-refractivity contribution in [2.24, 2.45) is 0 Å². The molecule has 1 fully saturated rings. The Labute approximate surface area is 207 Å². The lowest BCUT2D eigenvalue weighted by Gasteiger charge is -2.34. The van der Waals surface area contributed by atoms with Crippen molar-refractivity contribution in [2.75, 3.05) is 26.7 Å². The summed E-state index contributed by atoms with van der Waals surface area (Å²) in [4.78, 5) is 16.7. The van der Waals surface area contributed by atoms with Crippen molar-refractivity contribution in [3.63, 3.8) is 0 Å². The molecule has 0 aliphatic carbocycles. The molecule has 3 aromatic rings. The van der Waals surface area contributed by atoms with Gasteiger partial charge in [0.05, 0.1) is 7.11 Å². The molecule has 3 aromatic carbocycles. The number of nitrogens with zero attached hydrogens (tertiary/aromatic N) is 2. The van der Waals surface area contributed by atoms with E-state index >= 15 is 0 Å². The molecule has 1 unspecified atom stereocenters. The van der Waals surface area contributed by atoms with Crippen LogP contribution in [0.3, 0.4) is 0 Å². The summed E-state index contributed by atoms with van der Waals surface area (Å²) >= 11 is 0. The van der Waals surface area contributed by atoms with Crippen molar-refractivity contribution in [1.82, 2.24) is 9.80 Å². The Kier molecular flexibility index (Phi) is 8.87. The van der Waals surface area contributed by atoms with E-state index in [2.05, 4.69) is 21.9 Å². The molecular formula is C29H33FN2O3. The summed E-state index contributed by atoms with van der Waals surface area (Å²) in [7, 11) is 1.62. The molecule has 1 aliphatic heterocycles. The maximum Gasteiger partial charge on any atom is 0.161 e. The molecule has 1 heterocycles. The Morgan fingerprint density at radius 2 is 1.71 bits per heavy atom. The Hall–Kier alpha value is -3.22. The van der Waals surface area contributed by atoms with E-state index in [1.807, 2.05) is 42.5 Å². The Bertz CT molecular complexity index is 1090. The lowest BCUT2D eigenvalue weighted by molar-refractivity contribution is -0.118. The van der Waals surface area contributed by atoms with Crippen LogP contribution in [0.5, 0.6) is 11.5 Å². The van der Waals surface area contributed by atoms with Crippen LogP contribution in [-0.2, 0) is 24.4 Å². The van der Waals surface area contributed by atoms with Crippen molar-refractivity contribution in [1.29, 1.82) is 0 Å². The van der Waals surface area contributed by atoms with Crippen molar-refractivity contribution in [3.8, 4) is 11.5 Å². The summed E-state index contributed by atoms with van der Waals surface area (Å²) in [5.74, 6) is 0.973. The van der Waals surface area contributed by atoms with Gasteiger partial charge in [-0.2, -0.15) is 0 Å². The number of likely N-dealkylation sites (tertiary alicyclic amines) is 1. The summed E-state index contributed by atoms with van der Waals surface area (Å²) in [5.41, 5.74) is 3.05. The van der Waals surface area contributed by atoms with Crippen molar-refractivity contribution >= 4 is 6.29 Å². The number of rotatable bonds is 12. The van der Waals surface area contributed by atoms with Gasteiger partial charge in [-0.3, -0.25) is 9.80 Å². The monoisotopic (exact) mass is 476 g/mol. The third kappa shape index (κ3) is 6.90. The normalized spacial score (nSPS) is 14.7. The van der Waals surface area contributed by atoms with Gasteiger partial charge in [-0.05, 0) is 60.2 Å². The highest BCUT2D eigenvalue weighted by Crippen LogP contribution is 2.29. The molecule has 5 nitrogen and oxygen atoms in total. The predicted molar refractivity (Wildman–Crippen MR) is 135 cm³/mol. The average molecular weight is 477 g/mol. The molecule has 35 heavy (non-hydrogen) atoms. The smallest absolute Gasteiger partial charge is 0.161 e. The quantitative estimate of drug-likeness (QED) is 0.341. The molecule has 4 rings (SSSR count). The molecule has 0 bridgehead atoms. The summed E-state index contributed by atoms with van der Waals surface area (Å²) < 4.78 is 24.9. The first-order valence-electron chi connectivity index (χ1n) is 12.2.